The first kappa shape index (κ1) is 12.7. The van der Waals surface area contributed by atoms with Crippen LogP contribution >= 0.6 is 0 Å². The van der Waals surface area contributed by atoms with Crippen LogP contribution in [0.5, 0.6) is 0 Å². The molecule has 1 aromatic rings. The number of benzene rings is 1. The first-order valence-electron chi connectivity index (χ1n) is 5.37. The van der Waals surface area contributed by atoms with Crippen molar-refractivity contribution in [3.8, 4) is 0 Å². The zero-order chi connectivity index (χ0) is 13.4. The summed E-state index contributed by atoms with van der Waals surface area (Å²) in [5.74, 6) is -0.249. The lowest BCUT2D eigenvalue weighted by Crippen LogP contribution is -2.32. The number of rotatable bonds is 1. The fourth-order valence-electron chi connectivity index (χ4n) is 2.04. The summed E-state index contributed by atoms with van der Waals surface area (Å²) in [5, 5.41) is 0. The standard InChI is InChI=1S/C13H11F3O2/c1-12(8-9(17)6-7-18-12)10-4-2-3-5-11(10)13(14,15)16/h2-7H,8H2,1H3. The SMILES string of the molecule is CC1(c2ccccc2C(F)(F)F)CC(=O)C=CO1. The molecule has 0 radical (unpaired) electrons. The van der Waals surface area contributed by atoms with Crippen LogP contribution in [-0.4, -0.2) is 5.78 Å². The molecular formula is C13H11F3O2. The van der Waals surface area contributed by atoms with Crippen LogP contribution in [0.4, 0.5) is 13.2 Å². The minimum atomic E-state index is -4.47. The lowest BCUT2D eigenvalue weighted by atomic mass is 9.86. The minimum Gasteiger partial charge on any atom is -0.490 e. The van der Waals surface area contributed by atoms with Gasteiger partial charge in [0, 0.05) is 11.6 Å². The van der Waals surface area contributed by atoms with Crippen molar-refractivity contribution in [3.05, 3.63) is 47.7 Å². The lowest BCUT2D eigenvalue weighted by Gasteiger charge is -2.33. The molecule has 0 spiro atoms. The van der Waals surface area contributed by atoms with Gasteiger partial charge >= 0.3 is 6.18 Å². The van der Waals surface area contributed by atoms with Crippen molar-refractivity contribution in [3.63, 3.8) is 0 Å². The Hall–Kier alpha value is -1.78. The molecule has 0 amide bonds. The molecule has 1 heterocycles. The number of carbonyl (C=O) groups excluding carboxylic acids is 1. The number of ketones is 1. The molecule has 0 bridgehead atoms. The zero-order valence-corrected chi connectivity index (χ0v) is 9.62. The third-order valence-electron chi connectivity index (χ3n) is 2.90. The molecule has 1 atom stereocenters. The highest BCUT2D eigenvalue weighted by Gasteiger charge is 2.41. The van der Waals surface area contributed by atoms with E-state index in [1.807, 2.05) is 0 Å². The molecule has 1 aliphatic rings. The number of hydrogen-bond donors (Lipinski definition) is 0. The highest BCUT2D eigenvalue weighted by molar-refractivity contribution is 5.91. The Bertz CT molecular complexity index is 505. The Labute approximate surface area is 102 Å². The van der Waals surface area contributed by atoms with E-state index in [0.717, 1.165) is 12.3 Å². The average molecular weight is 256 g/mol. The zero-order valence-electron chi connectivity index (χ0n) is 9.62. The predicted octanol–water partition coefficient (Wildman–Crippen LogP) is 3.42. The molecule has 0 N–H and O–H groups in total. The summed E-state index contributed by atoms with van der Waals surface area (Å²) in [4.78, 5) is 11.4. The molecule has 0 saturated heterocycles. The molecule has 2 nitrogen and oxygen atoms in total. The molecule has 1 unspecified atom stereocenters. The Morgan fingerprint density at radius 2 is 1.94 bits per heavy atom. The summed E-state index contributed by atoms with van der Waals surface area (Å²) >= 11 is 0. The van der Waals surface area contributed by atoms with Gasteiger partial charge in [0.05, 0.1) is 18.2 Å². The summed E-state index contributed by atoms with van der Waals surface area (Å²) in [5.41, 5.74) is -2.05. The fourth-order valence-corrected chi connectivity index (χ4v) is 2.04. The van der Waals surface area contributed by atoms with E-state index < -0.39 is 17.3 Å². The van der Waals surface area contributed by atoms with E-state index in [-0.39, 0.29) is 17.8 Å². The second-order valence-electron chi connectivity index (χ2n) is 4.34. The third-order valence-corrected chi connectivity index (χ3v) is 2.90. The maximum absolute atomic E-state index is 12.9. The Morgan fingerprint density at radius 3 is 2.56 bits per heavy atom. The largest absolute Gasteiger partial charge is 0.490 e. The lowest BCUT2D eigenvalue weighted by molar-refractivity contribution is -0.142. The quantitative estimate of drug-likeness (QED) is 0.769. The maximum Gasteiger partial charge on any atom is 0.416 e. The van der Waals surface area contributed by atoms with Gasteiger partial charge in [-0.15, -0.1) is 0 Å². The summed E-state index contributed by atoms with van der Waals surface area (Å²) in [6.07, 6.45) is -2.19. The highest BCUT2D eigenvalue weighted by Crippen LogP contribution is 2.40. The van der Waals surface area contributed by atoms with Crippen molar-refractivity contribution in [2.24, 2.45) is 0 Å². The maximum atomic E-state index is 12.9. The summed E-state index contributed by atoms with van der Waals surface area (Å²) < 4.78 is 44.0. The monoisotopic (exact) mass is 256 g/mol. The van der Waals surface area contributed by atoms with Crippen LogP contribution in [0, 0.1) is 0 Å². The smallest absolute Gasteiger partial charge is 0.416 e. The van der Waals surface area contributed by atoms with E-state index in [2.05, 4.69) is 0 Å². The fraction of sp³-hybridized carbons (Fsp3) is 0.308. The number of carbonyl (C=O) groups is 1. The Kier molecular flexibility index (Phi) is 2.92. The van der Waals surface area contributed by atoms with Crippen molar-refractivity contribution in [1.82, 2.24) is 0 Å². The van der Waals surface area contributed by atoms with Crippen LogP contribution in [0.2, 0.25) is 0 Å². The minimum absolute atomic E-state index is 0.0183. The van der Waals surface area contributed by atoms with Gasteiger partial charge in [-0.2, -0.15) is 13.2 Å². The Morgan fingerprint density at radius 1 is 1.28 bits per heavy atom. The average Bonchev–Trinajstić information content (AvgIpc) is 2.27. The van der Waals surface area contributed by atoms with Gasteiger partial charge in [0.25, 0.3) is 0 Å². The van der Waals surface area contributed by atoms with Gasteiger partial charge in [0.15, 0.2) is 5.78 Å². The number of hydrogen-bond acceptors (Lipinski definition) is 2. The highest BCUT2D eigenvalue weighted by atomic mass is 19.4. The van der Waals surface area contributed by atoms with Crippen molar-refractivity contribution in [1.29, 1.82) is 0 Å². The molecular weight excluding hydrogens is 245 g/mol. The van der Waals surface area contributed by atoms with Gasteiger partial charge in [-0.25, -0.2) is 0 Å². The molecule has 1 aliphatic heterocycles. The predicted molar refractivity (Wildman–Crippen MR) is 58.6 cm³/mol. The second kappa shape index (κ2) is 4.15. The van der Waals surface area contributed by atoms with Crippen LogP contribution in [-0.2, 0) is 21.3 Å². The molecule has 0 saturated carbocycles. The van der Waals surface area contributed by atoms with Crippen LogP contribution in [0.1, 0.15) is 24.5 Å². The van der Waals surface area contributed by atoms with Gasteiger partial charge in [-0.1, -0.05) is 18.2 Å². The van der Waals surface area contributed by atoms with Crippen LogP contribution in [0.15, 0.2) is 36.6 Å². The molecule has 1 aromatic carbocycles. The van der Waals surface area contributed by atoms with Crippen molar-refractivity contribution in [2.75, 3.05) is 0 Å². The van der Waals surface area contributed by atoms with E-state index in [1.165, 1.54) is 31.2 Å². The molecule has 0 fully saturated rings. The number of halogens is 3. The van der Waals surface area contributed by atoms with Crippen molar-refractivity contribution >= 4 is 5.78 Å². The van der Waals surface area contributed by atoms with Crippen LogP contribution in [0.25, 0.3) is 0 Å². The second-order valence-corrected chi connectivity index (χ2v) is 4.34. The summed E-state index contributed by atoms with van der Waals surface area (Å²) in [7, 11) is 0. The van der Waals surface area contributed by atoms with Gasteiger partial charge in [-0.05, 0) is 13.0 Å². The number of allylic oxidation sites excluding steroid dienone is 1. The first-order chi connectivity index (χ1) is 8.33. The number of ether oxygens (including phenoxy) is 1. The van der Waals surface area contributed by atoms with Crippen LogP contribution in [0.3, 0.4) is 0 Å². The molecule has 2 rings (SSSR count). The van der Waals surface area contributed by atoms with E-state index >= 15 is 0 Å². The van der Waals surface area contributed by atoms with Gasteiger partial charge < -0.3 is 4.74 Å². The molecule has 0 aromatic heterocycles. The van der Waals surface area contributed by atoms with Gasteiger partial charge in [0.1, 0.15) is 5.60 Å². The summed E-state index contributed by atoms with van der Waals surface area (Å²) in [6, 6.07) is 5.15. The van der Waals surface area contributed by atoms with E-state index in [0.29, 0.717) is 0 Å². The molecule has 0 aliphatic carbocycles. The molecule has 5 heteroatoms. The molecule has 18 heavy (non-hydrogen) atoms. The van der Waals surface area contributed by atoms with Crippen molar-refractivity contribution in [2.45, 2.75) is 25.1 Å². The van der Waals surface area contributed by atoms with E-state index in [1.54, 1.807) is 0 Å². The van der Waals surface area contributed by atoms with Gasteiger partial charge in [-0.3, -0.25) is 4.79 Å². The van der Waals surface area contributed by atoms with E-state index in [4.69, 9.17) is 4.74 Å². The third kappa shape index (κ3) is 2.25. The normalized spacial score (nSPS) is 23.9. The van der Waals surface area contributed by atoms with Crippen LogP contribution < -0.4 is 0 Å². The van der Waals surface area contributed by atoms with Crippen molar-refractivity contribution < 1.29 is 22.7 Å². The summed E-state index contributed by atoms with van der Waals surface area (Å²) in [6.45, 7) is 1.49. The molecule has 96 valence electrons. The topological polar surface area (TPSA) is 26.3 Å². The first-order valence-corrected chi connectivity index (χ1v) is 5.37. The number of alkyl halides is 3. The van der Waals surface area contributed by atoms with Gasteiger partial charge in [0.2, 0.25) is 0 Å². The van der Waals surface area contributed by atoms with E-state index in [9.17, 15) is 18.0 Å². The Balaban J connectivity index is 2.51.